The number of unbranched alkanes of at least 4 members (excludes halogenated alkanes) is 1. The summed E-state index contributed by atoms with van der Waals surface area (Å²) in [6.07, 6.45) is 1.65. The molecule has 10 nitrogen and oxygen atoms in total. The van der Waals surface area contributed by atoms with Crippen LogP contribution in [0.2, 0.25) is 5.02 Å². The number of anilines is 1. The van der Waals surface area contributed by atoms with Gasteiger partial charge in [0.1, 0.15) is 12.6 Å². The van der Waals surface area contributed by atoms with E-state index in [2.05, 4.69) is 5.32 Å². The van der Waals surface area contributed by atoms with Crippen LogP contribution < -0.4 is 9.62 Å². The number of sulfonamides is 1. The normalized spacial score (nSPS) is 11.9. The molecule has 0 aliphatic rings. The first-order valence-electron chi connectivity index (χ1n) is 12.7. The molecule has 0 aliphatic carbocycles. The Bertz CT molecular complexity index is 1420. The molecule has 0 spiro atoms. The van der Waals surface area contributed by atoms with E-state index in [4.69, 9.17) is 11.6 Å². The molecular weight excluding hydrogens is 556 g/mol. The van der Waals surface area contributed by atoms with Crippen LogP contribution in [0.15, 0.2) is 83.8 Å². The molecule has 212 valence electrons. The number of non-ortho nitro benzene ring substituents is 1. The van der Waals surface area contributed by atoms with Crippen molar-refractivity contribution in [2.75, 3.05) is 17.4 Å². The number of hydrogen-bond donors (Lipinski definition) is 1. The quantitative estimate of drug-likeness (QED) is 0.174. The first-order valence-corrected chi connectivity index (χ1v) is 14.5. The summed E-state index contributed by atoms with van der Waals surface area (Å²) in [6, 6.07) is 18.3. The highest BCUT2D eigenvalue weighted by Gasteiger charge is 2.32. The minimum atomic E-state index is -4.26. The standard InChI is InChI=1S/C28H31ClN4O6S/c1-3-4-18-30-28(35)21(2)31(19-22-10-12-23(29)13-11-22)27(34)20-32(24-14-16-25(17-15-24)33(36)37)40(38,39)26-8-6-5-7-9-26/h5-17,21H,3-4,18-20H2,1-2H3,(H,30,35). The zero-order chi connectivity index (χ0) is 29.3. The summed E-state index contributed by atoms with van der Waals surface area (Å²) in [4.78, 5) is 38.6. The minimum Gasteiger partial charge on any atom is -0.354 e. The molecule has 0 saturated carbocycles. The van der Waals surface area contributed by atoms with Gasteiger partial charge < -0.3 is 10.2 Å². The molecule has 1 atom stereocenters. The van der Waals surface area contributed by atoms with E-state index in [-0.39, 0.29) is 28.7 Å². The van der Waals surface area contributed by atoms with Crippen LogP contribution in [0.5, 0.6) is 0 Å². The van der Waals surface area contributed by atoms with Crippen LogP contribution in [0, 0.1) is 10.1 Å². The van der Waals surface area contributed by atoms with Gasteiger partial charge in [0.05, 0.1) is 15.5 Å². The molecule has 0 fully saturated rings. The Morgan fingerprint density at radius 3 is 2.20 bits per heavy atom. The van der Waals surface area contributed by atoms with Crippen LogP contribution in [0.1, 0.15) is 32.3 Å². The number of benzene rings is 3. The molecule has 3 aromatic rings. The Morgan fingerprint density at radius 2 is 1.62 bits per heavy atom. The van der Waals surface area contributed by atoms with Crippen molar-refractivity contribution < 1.29 is 22.9 Å². The lowest BCUT2D eigenvalue weighted by Gasteiger charge is -2.32. The molecular formula is C28H31ClN4O6S. The highest BCUT2D eigenvalue weighted by Crippen LogP contribution is 2.26. The van der Waals surface area contributed by atoms with Gasteiger partial charge in [0, 0.05) is 30.2 Å². The molecule has 0 aliphatic heterocycles. The van der Waals surface area contributed by atoms with Gasteiger partial charge in [0.15, 0.2) is 0 Å². The summed E-state index contributed by atoms with van der Waals surface area (Å²) >= 11 is 6.01. The zero-order valence-corrected chi connectivity index (χ0v) is 23.8. The molecule has 0 bridgehead atoms. The molecule has 0 aromatic heterocycles. The fourth-order valence-corrected chi connectivity index (χ4v) is 5.46. The predicted octanol–water partition coefficient (Wildman–Crippen LogP) is 4.78. The highest BCUT2D eigenvalue weighted by molar-refractivity contribution is 7.92. The summed E-state index contributed by atoms with van der Waals surface area (Å²) < 4.78 is 28.3. The largest absolute Gasteiger partial charge is 0.354 e. The molecule has 40 heavy (non-hydrogen) atoms. The van der Waals surface area contributed by atoms with E-state index in [1.54, 1.807) is 49.4 Å². The Hall–Kier alpha value is -3.96. The summed E-state index contributed by atoms with van der Waals surface area (Å²) in [5.74, 6) is -1.01. The van der Waals surface area contributed by atoms with E-state index in [1.807, 2.05) is 6.92 Å². The smallest absolute Gasteiger partial charge is 0.269 e. The van der Waals surface area contributed by atoms with E-state index >= 15 is 0 Å². The SMILES string of the molecule is CCCCNC(=O)C(C)N(Cc1ccc(Cl)cc1)C(=O)CN(c1ccc([N+](=O)[O-])cc1)S(=O)(=O)c1ccccc1. The van der Waals surface area contributed by atoms with E-state index in [0.29, 0.717) is 17.1 Å². The Morgan fingerprint density at radius 1 is 1.00 bits per heavy atom. The predicted molar refractivity (Wildman–Crippen MR) is 153 cm³/mol. The third-order valence-electron chi connectivity index (χ3n) is 6.22. The summed E-state index contributed by atoms with van der Waals surface area (Å²) in [5.41, 5.74) is 0.530. The van der Waals surface area contributed by atoms with Gasteiger partial charge in [-0.15, -0.1) is 0 Å². The first-order chi connectivity index (χ1) is 19.0. The van der Waals surface area contributed by atoms with E-state index in [9.17, 15) is 28.1 Å². The maximum atomic E-state index is 13.8. The van der Waals surface area contributed by atoms with Crippen molar-refractivity contribution in [1.29, 1.82) is 0 Å². The molecule has 0 radical (unpaired) electrons. The number of nitro groups is 1. The summed E-state index contributed by atoms with van der Waals surface area (Å²) in [6.45, 7) is 3.40. The molecule has 2 amide bonds. The summed E-state index contributed by atoms with van der Waals surface area (Å²) in [7, 11) is -4.26. The Labute approximate surface area is 238 Å². The van der Waals surface area contributed by atoms with E-state index in [0.717, 1.165) is 17.1 Å². The van der Waals surface area contributed by atoms with Gasteiger partial charge in [-0.2, -0.15) is 0 Å². The Kier molecular flexibility index (Phi) is 10.6. The maximum Gasteiger partial charge on any atom is 0.269 e. The van der Waals surface area contributed by atoms with Crippen molar-refractivity contribution in [2.24, 2.45) is 0 Å². The van der Waals surface area contributed by atoms with Crippen LogP contribution >= 0.6 is 11.6 Å². The number of nitrogens with zero attached hydrogens (tertiary/aromatic N) is 3. The number of carbonyl (C=O) groups is 2. The van der Waals surface area contributed by atoms with Crippen molar-refractivity contribution in [3.05, 3.63) is 99.6 Å². The lowest BCUT2D eigenvalue weighted by Crippen LogP contribution is -2.51. The molecule has 3 rings (SSSR count). The van der Waals surface area contributed by atoms with Gasteiger partial charge in [-0.1, -0.05) is 55.3 Å². The average Bonchev–Trinajstić information content (AvgIpc) is 2.95. The molecule has 12 heteroatoms. The number of halogens is 1. The number of carbonyl (C=O) groups excluding carboxylic acids is 2. The van der Waals surface area contributed by atoms with Gasteiger partial charge in [0.2, 0.25) is 11.8 Å². The molecule has 0 heterocycles. The number of hydrogen-bond acceptors (Lipinski definition) is 6. The van der Waals surface area contributed by atoms with Crippen molar-refractivity contribution in [3.63, 3.8) is 0 Å². The van der Waals surface area contributed by atoms with Crippen LogP contribution in [-0.4, -0.2) is 49.2 Å². The summed E-state index contributed by atoms with van der Waals surface area (Å²) in [5, 5.41) is 14.5. The van der Waals surface area contributed by atoms with Gasteiger partial charge in [-0.05, 0) is 55.3 Å². The van der Waals surface area contributed by atoms with Crippen LogP contribution in [0.3, 0.4) is 0 Å². The molecule has 1 N–H and O–H groups in total. The first kappa shape index (κ1) is 30.6. The maximum absolute atomic E-state index is 13.8. The third-order valence-corrected chi connectivity index (χ3v) is 8.26. The van der Waals surface area contributed by atoms with Crippen molar-refractivity contribution in [2.45, 2.75) is 44.2 Å². The third kappa shape index (κ3) is 7.80. The number of rotatable bonds is 13. The lowest BCUT2D eigenvalue weighted by atomic mass is 10.1. The zero-order valence-electron chi connectivity index (χ0n) is 22.2. The van der Waals surface area contributed by atoms with Crippen molar-refractivity contribution in [1.82, 2.24) is 10.2 Å². The minimum absolute atomic E-state index is 0.0256. The van der Waals surface area contributed by atoms with Crippen LogP contribution in [-0.2, 0) is 26.2 Å². The number of amides is 2. The van der Waals surface area contributed by atoms with E-state index in [1.165, 1.54) is 41.3 Å². The van der Waals surface area contributed by atoms with Crippen molar-refractivity contribution in [3.8, 4) is 0 Å². The Balaban J connectivity index is 2.00. The van der Waals surface area contributed by atoms with Gasteiger partial charge in [-0.25, -0.2) is 8.42 Å². The molecule has 1 unspecified atom stereocenters. The van der Waals surface area contributed by atoms with Crippen LogP contribution in [0.25, 0.3) is 0 Å². The van der Waals surface area contributed by atoms with Gasteiger partial charge >= 0.3 is 0 Å². The second kappa shape index (κ2) is 13.9. The average molecular weight is 587 g/mol. The van der Waals surface area contributed by atoms with Crippen LogP contribution in [0.4, 0.5) is 11.4 Å². The second-order valence-electron chi connectivity index (χ2n) is 9.07. The van der Waals surface area contributed by atoms with Gasteiger partial charge in [0.25, 0.3) is 15.7 Å². The number of nitro benzene ring substituents is 1. The topological polar surface area (TPSA) is 130 Å². The van der Waals surface area contributed by atoms with E-state index < -0.39 is 33.4 Å². The van der Waals surface area contributed by atoms with Gasteiger partial charge in [-0.3, -0.25) is 24.0 Å². The lowest BCUT2D eigenvalue weighted by molar-refractivity contribution is -0.384. The highest BCUT2D eigenvalue weighted by atomic mass is 35.5. The monoisotopic (exact) mass is 586 g/mol. The van der Waals surface area contributed by atoms with Crippen molar-refractivity contribution >= 4 is 44.8 Å². The second-order valence-corrected chi connectivity index (χ2v) is 11.4. The molecule has 0 saturated heterocycles. The fraction of sp³-hybridized carbons (Fsp3) is 0.286. The molecule has 3 aromatic carbocycles. The number of nitrogens with one attached hydrogen (secondary N) is 1. The fourth-order valence-electron chi connectivity index (χ4n) is 3.89.